The van der Waals surface area contributed by atoms with E-state index in [1.54, 1.807) is 24.3 Å². The van der Waals surface area contributed by atoms with Gasteiger partial charge in [-0.3, -0.25) is 4.79 Å². The normalized spacial score (nSPS) is 11.1. The van der Waals surface area contributed by atoms with Gasteiger partial charge in [0.25, 0.3) is 5.91 Å². The van der Waals surface area contributed by atoms with Crippen molar-refractivity contribution in [2.45, 2.75) is 20.5 Å². The molecule has 0 aliphatic carbocycles. The van der Waals surface area contributed by atoms with Crippen LogP contribution in [0, 0.1) is 18.3 Å². The monoisotopic (exact) mass is 680 g/mol. The number of nitriles is 1. The summed E-state index contributed by atoms with van der Waals surface area (Å²) in [7, 11) is 0. The van der Waals surface area contributed by atoms with Crippen LogP contribution in [0.3, 0.4) is 0 Å². The van der Waals surface area contributed by atoms with Crippen molar-refractivity contribution >= 4 is 77.1 Å². The first-order valence-corrected chi connectivity index (χ1v) is 13.2. The van der Waals surface area contributed by atoms with Gasteiger partial charge in [-0.15, -0.1) is 0 Å². The van der Waals surface area contributed by atoms with Gasteiger partial charge >= 0.3 is 0 Å². The molecule has 0 aromatic heterocycles. The average molecular weight is 684 g/mol. The number of rotatable bonds is 8. The molecule has 0 fully saturated rings. The molecule has 5 nitrogen and oxygen atoms in total. The van der Waals surface area contributed by atoms with Gasteiger partial charge in [-0.1, -0.05) is 23.7 Å². The van der Waals surface area contributed by atoms with Crippen LogP contribution >= 0.6 is 59.4 Å². The summed E-state index contributed by atoms with van der Waals surface area (Å²) < 4.78 is 13.8. The third-order valence-electron chi connectivity index (χ3n) is 4.73. The molecule has 0 aliphatic rings. The summed E-state index contributed by atoms with van der Waals surface area (Å²) in [5, 5.41) is 13.1. The predicted octanol–water partition coefficient (Wildman–Crippen LogP) is 8.46. The minimum atomic E-state index is -0.532. The molecule has 0 heterocycles. The molecule has 9 heteroatoms. The van der Waals surface area contributed by atoms with E-state index in [1.165, 1.54) is 6.08 Å². The number of nitrogens with zero attached hydrogens (tertiary/aromatic N) is 1. The van der Waals surface area contributed by atoms with Crippen molar-refractivity contribution in [1.29, 1.82) is 5.26 Å². The second kappa shape index (κ2) is 12.6. The van der Waals surface area contributed by atoms with E-state index in [1.807, 2.05) is 44.2 Å². The first kappa shape index (κ1) is 27.3. The maximum atomic E-state index is 12.9. The van der Waals surface area contributed by atoms with Crippen molar-refractivity contribution in [1.82, 2.24) is 0 Å². The highest BCUT2D eigenvalue weighted by Gasteiger charge is 2.17. The van der Waals surface area contributed by atoms with Crippen molar-refractivity contribution in [2.75, 3.05) is 11.9 Å². The molecule has 0 saturated carbocycles. The molecule has 180 valence electrons. The van der Waals surface area contributed by atoms with Crippen LogP contribution < -0.4 is 14.8 Å². The number of halogens is 4. The number of hydrogen-bond donors (Lipinski definition) is 1. The van der Waals surface area contributed by atoms with E-state index >= 15 is 0 Å². The third kappa shape index (κ3) is 7.34. The molecule has 0 unspecified atom stereocenters. The highest BCUT2D eigenvalue weighted by atomic mass is 79.9. The molecular weight excluding hydrogens is 663 g/mol. The van der Waals surface area contributed by atoms with E-state index in [0.717, 1.165) is 11.1 Å². The molecule has 0 saturated heterocycles. The number of aryl methyl sites for hydroxylation is 1. The Balaban J connectivity index is 1.87. The summed E-state index contributed by atoms with van der Waals surface area (Å²) in [5.74, 6) is 0.480. The fourth-order valence-electron chi connectivity index (χ4n) is 3.13. The average Bonchev–Trinajstić information content (AvgIpc) is 2.80. The zero-order valence-corrected chi connectivity index (χ0v) is 24.3. The van der Waals surface area contributed by atoms with E-state index in [2.05, 4.69) is 53.1 Å². The molecule has 0 spiro atoms. The lowest BCUT2D eigenvalue weighted by Crippen LogP contribution is -2.14. The van der Waals surface area contributed by atoms with Gasteiger partial charge in [0, 0.05) is 14.0 Å². The van der Waals surface area contributed by atoms with Gasteiger partial charge < -0.3 is 14.8 Å². The zero-order valence-electron chi connectivity index (χ0n) is 18.8. The minimum Gasteiger partial charge on any atom is -0.490 e. The quantitative estimate of drug-likeness (QED) is 0.191. The van der Waals surface area contributed by atoms with Crippen LogP contribution in [-0.2, 0) is 11.4 Å². The van der Waals surface area contributed by atoms with E-state index in [0.29, 0.717) is 54.4 Å². The lowest BCUT2D eigenvalue weighted by atomic mass is 10.1. The Hall–Kier alpha value is -2.31. The number of amides is 1. The molecule has 3 aromatic rings. The molecule has 0 atom stereocenters. The summed E-state index contributed by atoms with van der Waals surface area (Å²) >= 11 is 16.4. The Morgan fingerprint density at radius 2 is 1.71 bits per heavy atom. The van der Waals surface area contributed by atoms with Crippen molar-refractivity contribution in [3.05, 3.63) is 89.2 Å². The molecule has 35 heavy (non-hydrogen) atoms. The Bertz CT molecular complexity index is 1300. The molecular formula is C26H20Br3ClN2O3. The summed E-state index contributed by atoms with van der Waals surface area (Å²) in [6, 6.07) is 16.6. The van der Waals surface area contributed by atoms with Gasteiger partial charge in [0.05, 0.1) is 16.8 Å². The maximum Gasteiger partial charge on any atom is 0.266 e. The van der Waals surface area contributed by atoms with Crippen molar-refractivity contribution < 1.29 is 14.3 Å². The SMILES string of the molecule is CCOc1cc(/C=C(\C#N)C(=O)Nc2c(Br)cc(C)cc2Br)cc(Br)c1OCc1ccc(Cl)cc1. The Morgan fingerprint density at radius 3 is 2.31 bits per heavy atom. The molecule has 0 radical (unpaired) electrons. The van der Waals surface area contributed by atoms with Gasteiger partial charge in [0.1, 0.15) is 18.2 Å². The van der Waals surface area contributed by atoms with E-state index in [4.69, 9.17) is 21.1 Å². The predicted molar refractivity (Wildman–Crippen MR) is 150 cm³/mol. The van der Waals surface area contributed by atoms with Crippen molar-refractivity contribution in [3.8, 4) is 17.6 Å². The van der Waals surface area contributed by atoms with Crippen LogP contribution in [0.5, 0.6) is 11.5 Å². The van der Waals surface area contributed by atoms with E-state index in [-0.39, 0.29) is 5.57 Å². The number of anilines is 1. The van der Waals surface area contributed by atoms with E-state index < -0.39 is 5.91 Å². The second-order valence-corrected chi connectivity index (χ2v) is 10.4. The Morgan fingerprint density at radius 1 is 1.06 bits per heavy atom. The van der Waals surface area contributed by atoms with Crippen LogP contribution in [0.15, 0.2) is 67.5 Å². The largest absolute Gasteiger partial charge is 0.490 e. The van der Waals surface area contributed by atoms with Crippen LogP contribution in [0.2, 0.25) is 5.02 Å². The number of carbonyl (C=O) groups excluding carboxylic acids is 1. The maximum absolute atomic E-state index is 12.9. The summed E-state index contributed by atoms with van der Waals surface area (Å²) in [4.78, 5) is 12.9. The molecule has 0 aliphatic heterocycles. The van der Waals surface area contributed by atoms with Gasteiger partial charge in [0.2, 0.25) is 0 Å². The first-order chi connectivity index (χ1) is 16.7. The summed E-state index contributed by atoms with van der Waals surface area (Å²) in [5.41, 5.74) is 3.06. The number of hydrogen-bond acceptors (Lipinski definition) is 4. The van der Waals surface area contributed by atoms with Gasteiger partial charge in [0.15, 0.2) is 11.5 Å². The fraction of sp³-hybridized carbons (Fsp3) is 0.154. The fourth-order valence-corrected chi connectivity index (χ4v) is 5.44. The topological polar surface area (TPSA) is 71.3 Å². The number of benzene rings is 3. The van der Waals surface area contributed by atoms with Gasteiger partial charge in [-0.25, -0.2) is 0 Å². The van der Waals surface area contributed by atoms with Crippen LogP contribution in [0.4, 0.5) is 5.69 Å². The Kier molecular flexibility index (Phi) is 9.81. The highest BCUT2D eigenvalue weighted by molar-refractivity contribution is 9.11. The smallest absolute Gasteiger partial charge is 0.266 e. The lowest BCUT2D eigenvalue weighted by molar-refractivity contribution is -0.112. The summed E-state index contributed by atoms with van der Waals surface area (Å²) in [6.07, 6.45) is 1.50. The summed E-state index contributed by atoms with van der Waals surface area (Å²) in [6.45, 7) is 4.54. The standard InChI is InChI=1S/C26H20Br3ClN2O3/c1-3-34-23-12-17(11-22(29)25(23)35-14-16-4-6-19(30)7-5-16)10-18(13-31)26(33)32-24-20(27)8-15(2)9-21(24)28/h4-12H,3,14H2,1-2H3,(H,32,33)/b18-10+. The van der Waals surface area contributed by atoms with Crippen LogP contribution in [0.25, 0.3) is 6.08 Å². The Labute approximate surface area is 234 Å². The van der Waals surface area contributed by atoms with Crippen LogP contribution in [-0.4, -0.2) is 12.5 Å². The molecule has 3 rings (SSSR count). The van der Waals surface area contributed by atoms with Gasteiger partial charge in [-0.2, -0.15) is 5.26 Å². The number of carbonyl (C=O) groups is 1. The van der Waals surface area contributed by atoms with Crippen LogP contribution in [0.1, 0.15) is 23.6 Å². The van der Waals surface area contributed by atoms with Crippen molar-refractivity contribution in [2.24, 2.45) is 0 Å². The first-order valence-electron chi connectivity index (χ1n) is 10.4. The zero-order chi connectivity index (χ0) is 25.5. The van der Waals surface area contributed by atoms with Crippen molar-refractivity contribution in [3.63, 3.8) is 0 Å². The molecule has 3 aromatic carbocycles. The molecule has 0 bridgehead atoms. The highest BCUT2D eigenvalue weighted by Crippen LogP contribution is 2.38. The number of ether oxygens (including phenoxy) is 2. The minimum absolute atomic E-state index is 0.0615. The second-order valence-electron chi connectivity index (χ2n) is 7.41. The molecule has 1 amide bonds. The van der Waals surface area contributed by atoms with E-state index in [9.17, 15) is 10.1 Å². The lowest BCUT2D eigenvalue weighted by Gasteiger charge is -2.15. The third-order valence-corrected chi connectivity index (χ3v) is 6.82. The van der Waals surface area contributed by atoms with Gasteiger partial charge in [-0.05, 0) is 121 Å². The molecule has 1 N–H and O–H groups in total. The number of nitrogens with one attached hydrogen (secondary N) is 1.